The number of nitrogens with one attached hydrogen (secondary N) is 1. The standard InChI is InChI=1S/C4H9NO3/c6-3-1-5-2-4(3,7)8/h3,5-8H,1-2H2. The zero-order valence-corrected chi connectivity index (χ0v) is 4.33. The van der Waals surface area contributed by atoms with Crippen LogP contribution in [0.15, 0.2) is 0 Å². The van der Waals surface area contributed by atoms with Crippen LogP contribution in [0.25, 0.3) is 0 Å². The van der Waals surface area contributed by atoms with Gasteiger partial charge in [-0.15, -0.1) is 0 Å². The molecule has 1 unspecified atom stereocenters. The lowest BCUT2D eigenvalue weighted by atomic mass is 10.2. The van der Waals surface area contributed by atoms with Gasteiger partial charge < -0.3 is 20.6 Å². The van der Waals surface area contributed by atoms with Crippen molar-refractivity contribution >= 4 is 0 Å². The van der Waals surface area contributed by atoms with E-state index in [1.54, 1.807) is 0 Å². The van der Waals surface area contributed by atoms with Crippen molar-refractivity contribution in [1.82, 2.24) is 5.32 Å². The lowest BCUT2D eigenvalue weighted by molar-refractivity contribution is -0.196. The molecule has 0 bridgehead atoms. The van der Waals surface area contributed by atoms with E-state index in [-0.39, 0.29) is 13.1 Å². The summed E-state index contributed by atoms with van der Waals surface area (Å²) in [6, 6.07) is 0. The van der Waals surface area contributed by atoms with Gasteiger partial charge in [0.15, 0.2) is 0 Å². The van der Waals surface area contributed by atoms with E-state index in [1.165, 1.54) is 0 Å². The minimum absolute atomic E-state index is 0.0498. The van der Waals surface area contributed by atoms with Gasteiger partial charge in [-0.25, -0.2) is 0 Å². The van der Waals surface area contributed by atoms with Crippen LogP contribution < -0.4 is 5.32 Å². The fourth-order valence-electron chi connectivity index (χ4n) is 0.674. The van der Waals surface area contributed by atoms with Gasteiger partial charge in [-0.3, -0.25) is 0 Å². The largest absolute Gasteiger partial charge is 0.386 e. The molecule has 1 rings (SSSR count). The van der Waals surface area contributed by atoms with Crippen molar-refractivity contribution in [2.45, 2.75) is 11.9 Å². The van der Waals surface area contributed by atoms with Crippen molar-refractivity contribution in [3.63, 3.8) is 0 Å². The molecule has 0 aromatic rings. The van der Waals surface area contributed by atoms with Gasteiger partial charge in [0, 0.05) is 6.54 Å². The van der Waals surface area contributed by atoms with Gasteiger partial charge in [0.1, 0.15) is 6.10 Å². The van der Waals surface area contributed by atoms with Crippen molar-refractivity contribution in [3.8, 4) is 0 Å². The molecule has 1 aliphatic rings. The first kappa shape index (κ1) is 5.97. The van der Waals surface area contributed by atoms with E-state index in [4.69, 9.17) is 15.3 Å². The first-order valence-corrected chi connectivity index (χ1v) is 2.46. The Bertz CT molecular complexity index is 93.3. The van der Waals surface area contributed by atoms with Crippen LogP contribution in [0.5, 0.6) is 0 Å². The van der Waals surface area contributed by atoms with Crippen LogP contribution in [0, 0.1) is 0 Å². The summed E-state index contributed by atoms with van der Waals surface area (Å²) in [5.41, 5.74) is 0. The summed E-state index contributed by atoms with van der Waals surface area (Å²) in [4.78, 5) is 0. The molecule has 0 saturated carbocycles. The Labute approximate surface area is 46.8 Å². The Balaban J connectivity index is 2.54. The molecule has 4 heteroatoms. The van der Waals surface area contributed by atoms with E-state index in [0.717, 1.165) is 0 Å². The third kappa shape index (κ3) is 0.830. The van der Waals surface area contributed by atoms with E-state index in [9.17, 15) is 0 Å². The minimum Gasteiger partial charge on any atom is -0.386 e. The summed E-state index contributed by atoms with van der Waals surface area (Å²) < 4.78 is 0. The summed E-state index contributed by atoms with van der Waals surface area (Å²) >= 11 is 0. The normalized spacial score (nSPS) is 35.6. The highest BCUT2D eigenvalue weighted by molar-refractivity contribution is 4.85. The van der Waals surface area contributed by atoms with Crippen LogP contribution in [0.1, 0.15) is 0 Å². The Kier molecular flexibility index (Phi) is 1.24. The summed E-state index contributed by atoms with van der Waals surface area (Å²) in [6.45, 7) is 0.307. The Morgan fingerprint density at radius 3 is 2.25 bits per heavy atom. The molecule has 1 fully saturated rings. The van der Waals surface area contributed by atoms with Crippen molar-refractivity contribution in [3.05, 3.63) is 0 Å². The first-order valence-electron chi connectivity index (χ1n) is 2.46. The molecular formula is C4H9NO3. The fourth-order valence-corrected chi connectivity index (χ4v) is 0.674. The van der Waals surface area contributed by atoms with Gasteiger partial charge in [-0.05, 0) is 0 Å². The Morgan fingerprint density at radius 2 is 2.12 bits per heavy atom. The van der Waals surface area contributed by atoms with E-state index in [0.29, 0.717) is 0 Å². The highest BCUT2D eigenvalue weighted by atomic mass is 16.5. The maximum Gasteiger partial charge on any atom is 0.203 e. The van der Waals surface area contributed by atoms with Crippen LogP contribution in [-0.2, 0) is 0 Å². The summed E-state index contributed by atoms with van der Waals surface area (Å²) in [5.74, 6) is -1.90. The topological polar surface area (TPSA) is 72.7 Å². The molecule has 0 aliphatic carbocycles. The molecule has 0 aromatic heterocycles. The minimum atomic E-state index is -1.90. The average molecular weight is 119 g/mol. The molecule has 1 heterocycles. The van der Waals surface area contributed by atoms with E-state index in [1.807, 2.05) is 0 Å². The predicted molar refractivity (Wildman–Crippen MR) is 26.0 cm³/mol. The number of β-amino-alcohol motifs (C(OH)–C–C–N with tert-alkyl or cyclic N) is 3. The molecule has 8 heavy (non-hydrogen) atoms. The molecule has 0 radical (unpaired) electrons. The quantitative estimate of drug-likeness (QED) is 0.269. The average Bonchev–Trinajstić information content (AvgIpc) is 1.86. The molecule has 48 valence electrons. The van der Waals surface area contributed by atoms with Crippen LogP contribution in [-0.4, -0.2) is 40.3 Å². The number of aliphatic hydroxyl groups is 3. The summed E-state index contributed by atoms with van der Waals surface area (Å²) in [6.07, 6.45) is -1.04. The van der Waals surface area contributed by atoms with Crippen LogP contribution in [0.4, 0.5) is 0 Å². The molecule has 4 nitrogen and oxygen atoms in total. The van der Waals surface area contributed by atoms with E-state index >= 15 is 0 Å². The molecule has 0 aromatic carbocycles. The first-order chi connectivity index (χ1) is 3.63. The van der Waals surface area contributed by atoms with Crippen LogP contribution >= 0.6 is 0 Å². The molecule has 0 amide bonds. The van der Waals surface area contributed by atoms with Crippen molar-refractivity contribution in [2.75, 3.05) is 13.1 Å². The van der Waals surface area contributed by atoms with Crippen molar-refractivity contribution in [2.24, 2.45) is 0 Å². The molecule has 1 aliphatic heterocycles. The highest BCUT2D eigenvalue weighted by Gasteiger charge is 2.37. The lowest BCUT2D eigenvalue weighted by Crippen LogP contribution is -2.40. The molecule has 0 spiro atoms. The Morgan fingerprint density at radius 1 is 1.50 bits per heavy atom. The van der Waals surface area contributed by atoms with Crippen LogP contribution in [0.2, 0.25) is 0 Å². The maximum absolute atomic E-state index is 8.71. The van der Waals surface area contributed by atoms with Gasteiger partial charge in [0.05, 0.1) is 6.54 Å². The zero-order chi connectivity index (χ0) is 6.20. The molecule has 1 saturated heterocycles. The maximum atomic E-state index is 8.71. The number of hydrogen-bond donors (Lipinski definition) is 4. The SMILES string of the molecule is OC1CNCC1(O)O. The van der Waals surface area contributed by atoms with Crippen molar-refractivity contribution < 1.29 is 15.3 Å². The number of aliphatic hydroxyl groups excluding tert-OH is 1. The monoisotopic (exact) mass is 119 g/mol. The van der Waals surface area contributed by atoms with E-state index < -0.39 is 11.9 Å². The number of hydrogen-bond acceptors (Lipinski definition) is 4. The van der Waals surface area contributed by atoms with Crippen LogP contribution in [0.3, 0.4) is 0 Å². The van der Waals surface area contributed by atoms with E-state index in [2.05, 4.69) is 5.32 Å². The lowest BCUT2D eigenvalue weighted by Gasteiger charge is -2.16. The third-order valence-corrected chi connectivity index (χ3v) is 1.26. The number of rotatable bonds is 0. The smallest absolute Gasteiger partial charge is 0.203 e. The van der Waals surface area contributed by atoms with Gasteiger partial charge in [-0.1, -0.05) is 0 Å². The third-order valence-electron chi connectivity index (χ3n) is 1.26. The van der Waals surface area contributed by atoms with Gasteiger partial charge in [0.25, 0.3) is 0 Å². The van der Waals surface area contributed by atoms with Crippen molar-refractivity contribution in [1.29, 1.82) is 0 Å². The second-order valence-corrected chi connectivity index (χ2v) is 2.03. The highest BCUT2D eigenvalue weighted by Crippen LogP contribution is 2.09. The van der Waals surface area contributed by atoms with Gasteiger partial charge >= 0.3 is 0 Å². The Hall–Kier alpha value is -0.160. The molecule has 4 N–H and O–H groups in total. The molecular weight excluding hydrogens is 110 g/mol. The van der Waals surface area contributed by atoms with Gasteiger partial charge in [0.2, 0.25) is 5.79 Å². The van der Waals surface area contributed by atoms with Gasteiger partial charge in [-0.2, -0.15) is 0 Å². The fraction of sp³-hybridized carbons (Fsp3) is 1.00. The second-order valence-electron chi connectivity index (χ2n) is 2.03. The summed E-state index contributed by atoms with van der Waals surface area (Å²) in [7, 11) is 0. The predicted octanol–water partition coefficient (Wildman–Crippen LogP) is -2.37. The molecule has 1 atom stereocenters. The summed E-state index contributed by atoms with van der Waals surface area (Å²) in [5, 5.41) is 28.7. The zero-order valence-electron chi connectivity index (χ0n) is 4.33. The second kappa shape index (κ2) is 1.66.